The van der Waals surface area contributed by atoms with Gasteiger partial charge in [-0.05, 0) is 49.8 Å². The van der Waals surface area contributed by atoms with Crippen molar-refractivity contribution in [3.63, 3.8) is 0 Å². The normalized spacial score (nSPS) is 22.8. The molecule has 0 amide bonds. The molecule has 0 aliphatic carbocycles. The van der Waals surface area contributed by atoms with Crippen LogP contribution in [0.5, 0.6) is 5.75 Å². The zero-order valence-electron chi connectivity index (χ0n) is 19.3. The number of ether oxygens (including phenoxy) is 2. The summed E-state index contributed by atoms with van der Waals surface area (Å²) in [6.45, 7) is 6.01. The molecule has 7 nitrogen and oxygen atoms in total. The third-order valence-corrected chi connectivity index (χ3v) is 5.96. The number of aromatic nitrogens is 2. The fraction of sp³-hybridized carbons (Fsp3) is 0.280. The Kier molecular flexibility index (Phi) is 5.27. The summed E-state index contributed by atoms with van der Waals surface area (Å²) in [6.07, 6.45) is 5.28. The van der Waals surface area contributed by atoms with E-state index in [2.05, 4.69) is 10.1 Å². The minimum Gasteiger partial charge on any atom is -0.495 e. The predicted molar refractivity (Wildman–Crippen MR) is 122 cm³/mol. The second-order valence-electron chi connectivity index (χ2n) is 8.55. The summed E-state index contributed by atoms with van der Waals surface area (Å²) in [7, 11) is 1.61. The van der Waals surface area contributed by atoms with E-state index in [1.807, 2.05) is 53.8 Å². The van der Waals surface area contributed by atoms with Gasteiger partial charge in [-0.3, -0.25) is 0 Å². The molecule has 3 heterocycles. The summed E-state index contributed by atoms with van der Waals surface area (Å²) in [5.74, 6) is 0.263. The van der Waals surface area contributed by atoms with E-state index in [4.69, 9.17) is 14.3 Å². The molecule has 1 fully saturated rings. The van der Waals surface area contributed by atoms with Crippen LogP contribution in [0.3, 0.4) is 0 Å². The van der Waals surface area contributed by atoms with Crippen molar-refractivity contribution in [3.05, 3.63) is 83.1 Å². The Morgan fingerprint density at radius 3 is 2.62 bits per heavy atom. The van der Waals surface area contributed by atoms with Crippen molar-refractivity contribution < 1.29 is 23.1 Å². The van der Waals surface area contributed by atoms with E-state index in [0.29, 0.717) is 29.5 Å². The van der Waals surface area contributed by atoms with Crippen molar-refractivity contribution in [2.24, 2.45) is 5.16 Å². The highest BCUT2D eigenvalue weighted by Gasteiger charge is 2.48. The first-order chi connectivity index (χ1) is 16.3. The van der Waals surface area contributed by atoms with Gasteiger partial charge in [0.15, 0.2) is 5.76 Å². The molecule has 2 aliphatic rings. The largest absolute Gasteiger partial charge is 0.495 e. The summed E-state index contributed by atoms with van der Waals surface area (Å²) < 4.78 is 41.5. The summed E-state index contributed by atoms with van der Waals surface area (Å²) in [4.78, 5) is 11.9. The number of nitrogens with zero attached hydrogens (tertiary/aromatic N) is 4. The molecule has 9 heteroatoms. The number of hydrogen-bond acceptors (Lipinski definition) is 6. The Balaban J connectivity index is 1.50. The molecule has 0 saturated carbocycles. The third-order valence-electron chi connectivity index (χ3n) is 5.96. The van der Waals surface area contributed by atoms with E-state index >= 15 is 0 Å². The van der Waals surface area contributed by atoms with Crippen molar-refractivity contribution in [2.45, 2.75) is 32.6 Å². The van der Waals surface area contributed by atoms with Gasteiger partial charge in [-0.2, -0.15) is 0 Å². The van der Waals surface area contributed by atoms with E-state index in [-0.39, 0.29) is 6.10 Å². The molecule has 5 rings (SSSR count). The number of rotatable bonds is 4. The zero-order chi connectivity index (χ0) is 24.0. The van der Waals surface area contributed by atoms with Gasteiger partial charge in [-0.15, -0.1) is 0 Å². The number of methoxy groups -OCH3 is 1. The molecule has 0 spiro atoms. The Labute approximate surface area is 195 Å². The quantitative estimate of drug-likeness (QED) is 0.556. The maximum atomic E-state index is 13.9. The number of fused-ring (bicyclic) bond motifs is 1. The highest BCUT2D eigenvalue weighted by molar-refractivity contribution is 6.01. The van der Waals surface area contributed by atoms with Crippen LogP contribution in [-0.4, -0.2) is 40.0 Å². The molecule has 0 unspecified atom stereocenters. The topological polar surface area (TPSA) is 61.1 Å². The number of aryl methyl sites for hydroxylation is 1. The molecule has 176 valence electrons. The first-order valence-electron chi connectivity index (χ1n) is 10.8. The third kappa shape index (κ3) is 3.76. The molecular weight excluding hydrogens is 442 g/mol. The van der Waals surface area contributed by atoms with Crippen LogP contribution in [0, 0.1) is 18.6 Å². The van der Waals surface area contributed by atoms with Crippen LogP contribution >= 0.6 is 0 Å². The Morgan fingerprint density at radius 1 is 1.18 bits per heavy atom. The van der Waals surface area contributed by atoms with Gasteiger partial charge in [-0.25, -0.2) is 13.8 Å². The smallest absolute Gasteiger partial charge is 0.234 e. The molecule has 0 bridgehead atoms. The number of halogens is 2. The van der Waals surface area contributed by atoms with Crippen molar-refractivity contribution in [1.29, 1.82) is 0 Å². The molecule has 2 atom stereocenters. The highest BCUT2D eigenvalue weighted by Crippen LogP contribution is 2.40. The lowest BCUT2D eigenvalue weighted by Gasteiger charge is -2.39. The highest BCUT2D eigenvalue weighted by atomic mass is 19.1. The van der Waals surface area contributed by atoms with E-state index in [1.165, 1.54) is 12.1 Å². The molecule has 3 aromatic rings. The minimum atomic E-state index is -1.17. The number of benzene rings is 2. The number of amidine groups is 1. The van der Waals surface area contributed by atoms with Crippen LogP contribution in [0.25, 0.3) is 11.8 Å². The lowest BCUT2D eigenvalue weighted by molar-refractivity contribution is -0.104. The molecule has 0 N–H and O–H groups in total. The van der Waals surface area contributed by atoms with Crippen LogP contribution in [0.1, 0.15) is 30.7 Å². The predicted octanol–water partition coefficient (Wildman–Crippen LogP) is 4.75. The van der Waals surface area contributed by atoms with Crippen molar-refractivity contribution in [1.82, 2.24) is 14.5 Å². The summed E-state index contributed by atoms with van der Waals surface area (Å²) in [5, 5.41) is 4.23. The minimum absolute atomic E-state index is 0.209. The molecular formula is C25H24F2N4O3. The van der Waals surface area contributed by atoms with Gasteiger partial charge in [0.2, 0.25) is 11.6 Å². The Bertz CT molecular complexity index is 1300. The van der Waals surface area contributed by atoms with Crippen molar-refractivity contribution >= 4 is 11.9 Å². The van der Waals surface area contributed by atoms with E-state index in [9.17, 15) is 8.78 Å². The maximum absolute atomic E-state index is 13.9. The van der Waals surface area contributed by atoms with Gasteiger partial charge in [-0.1, -0.05) is 11.2 Å². The number of morpholine rings is 1. The monoisotopic (exact) mass is 466 g/mol. The zero-order valence-corrected chi connectivity index (χ0v) is 19.3. The Hall–Kier alpha value is -3.88. The van der Waals surface area contributed by atoms with Crippen LogP contribution in [-0.2, 0) is 15.3 Å². The summed E-state index contributed by atoms with van der Waals surface area (Å²) in [5.41, 5.74) is 1.75. The molecule has 2 aliphatic heterocycles. The molecule has 1 aromatic heterocycles. The van der Waals surface area contributed by atoms with E-state index in [0.717, 1.165) is 23.0 Å². The summed E-state index contributed by atoms with van der Waals surface area (Å²) in [6, 6.07) is 9.10. The van der Waals surface area contributed by atoms with Crippen LogP contribution in [0.2, 0.25) is 0 Å². The van der Waals surface area contributed by atoms with Gasteiger partial charge < -0.3 is 23.8 Å². The second-order valence-corrected chi connectivity index (χ2v) is 8.55. The number of oxime groups is 1. The lowest BCUT2D eigenvalue weighted by Crippen LogP contribution is -2.51. The number of imidazole rings is 1. The molecule has 2 aromatic carbocycles. The average Bonchev–Trinajstić information content (AvgIpc) is 3.37. The van der Waals surface area contributed by atoms with Crippen LogP contribution < -0.4 is 4.74 Å². The maximum Gasteiger partial charge on any atom is 0.234 e. The van der Waals surface area contributed by atoms with Crippen LogP contribution in [0.4, 0.5) is 8.78 Å². The molecule has 34 heavy (non-hydrogen) atoms. The molecule has 1 saturated heterocycles. The van der Waals surface area contributed by atoms with E-state index < -0.39 is 17.4 Å². The second kappa shape index (κ2) is 8.16. The first-order valence-corrected chi connectivity index (χ1v) is 10.8. The standard InChI is InChI=1S/C25H24F2N4O3/c1-15-12-30(14-28-15)21-6-5-17(7-22(21)32-4)8-23-24-29-34-25(3,31(24)13-16(2)33-23)18-9-19(26)11-20(27)10-18/h5-12,14,16H,13H2,1-4H3/b23-8-/t16-,25+/m0/s1. The van der Waals surface area contributed by atoms with Gasteiger partial charge in [0.25, 0.3) is 0 Å². The molecule has 0 radical (unpaired) electrons. The lowest BCUT2D eigenvalue weighted by atomic mass is 10.0. The van der Waals surface area contributed by atoms with Crippen molar-refractivity contribution in [2.75, 3.05) is 13.7 Å². The van der Waals surface area contributed by atoms with Gasteiger partial charge >= 0.3 is 0 Å². The number of hydrogen-bond donors (Lipinski definition) is 0. The van der Waals surface area contributed by atoms with Gasteiger partial charge in [0.05, 0.1) is 31.4 Å². The Morgan fingerprint density at radius 2 is 1.94 bits per heavy atom. The summed E-state index contributed by atoms with van der Waals surface area (Å²) >= 11 is 0. The fourth-order valence-electron chi connectivity index (χ4n) is 4.27. The van der Waals surface area contributed by atoms with Crippen LogP contribution in [0.15, 0.2) is 59.8 Å². The van der Waals surface area contributed by atoms with Gasteiger partial charge in [0.1, 0.15) is 23.5 Å². The average molecular weight is 466 g/mol. The SMILES string of the molecule is COc1cc(/C=C2\O[C@@H](C)CN3C2=NO[C@]3(C)c2cc(F)cc(F)c2)ccc1-n1cnc(C)c1. The van der Waals surface area contributed by atoms with Crippen molar-refractivity contribution in [3.8, 4) is 11.4 Å². The van der Waals surface area contributed by atoms with E-state index in [1.54, 1.807) is 20.4 Å². The fourth-order valence-corrected chi connectivity index (χ4v) is 4.27. The first kappa shape index (κ1) is 21.9. The van der Waals surface area contributed by atoms with Gasteiger partial charge in [0, 0.05) is 24.8 Å².